The van der Waals surface area contributed by atoms with Gasteiger partial charge in [0.1, 0.15) is 12.3 Å². The Morgan fingerprint density at radius 1 is 1.26 bits per heavy atom. The zero-order valence-electron chi connectivity index (χ0n) is 12.4. The molecule has 1 heterocycles. The first-order valence-corrected chi connectivity index (χ1v) is 7.34. The third-order valence-electron chi connectivity index (χ3n) is 3.79. The third-order valence-corrected chi connectivity index (χ3v) is 3.79. The average Bonchev–Trinajstić information content (AvgIpc) is 2.57. The number of aromatic nitrogens is 2. The van der Waals surface area contributed by atoms with E-state index in [9.17, 15) is 8.78 Å². The van der Waals surface area contributed by atoms with Crippen LogP contribution in [0.25, 0.3) is 0 Å². The molecule has 1 aromatic carbocycles. The molecule has 2 N–H and O–H groups in total. The number of hydrogen-bond donors (Lipinski definition) is 1. The molecule has 1 aliphatic carbocycles. The molecule has 1 unspecified atom stereocenters. The van der Waals surface area contributed by atoms with Crippen LogP contribution in [0.4, 0.5) is 14.6 Å². The number of alkyl halides is 1. The number of halogens is 2. The van der Waals surface area contributed by atoms with Crippen LogP contribution in [0, 0.1) is 11.7 Å². The first kappa shape index (κ1) is 15.6. The predicted octanol–water partition coefficient (Wildman–Crippen LogP) is 2.52. The maximum Gasteiger partial charge on any atom is 0.318 e. The largest absolute Gasteiger partial charge is 0.457 e. The quantitative estimate of drug-likeness (QED) is 0.885. The monoisotopic (exact) mass is 321 g/mol. The van der Waals surface area contributed by atoms with Gasteiger partial charge in [0.2, 0.25) is 0 Å². The Hall–Kier alpha value is -2.28. The Morgan fingerprint density at radius 2 is 2.04 bits per heavy atom. The summed E-state index contributed by atoms with van der Waals surface area (Å²) in [7, 11) is 0. The Morgan fingerprint density at radius 3 is 2.74 bits per heavy atom. The number of nitrogens with two attached hydrogens (primary N) is 1. The molecule has 1 fully saturated rings. The summed E-state index contributed by atoms with van der Waals surface area (Å²) in [5.74, 6) is -1.26. The zero-order chi connectivity index (χ0) is 16.2. The predicted molar refractivity (Wildman–Crippen MR) is 79.9 cm³/mol. The summed E-state index contributed by atoms with van der Waals surface area (Å²) in [6.07, 6.45) is -0.411. The van der Waals surface area contributed by atoms with Crippen LogP contribution < -0.4 is 10.5 Å². The van der Waals surface area contributed by atoms with E-state index >= 15 is 0 Å². The smallest absolute Gasteiger partial charge is 0.318 e. The first-order valence-electron chi connectivity index (χ1n) is 7.34. The van der Waals surface area contributed by atoms with Gasteiger partial charge in [-0.05, 0) is 12.0 Å². The average molecular weight is 321 g/mol. The highest BCUT2D eigenvalue weighted by molar-refractivity contribution is 5.29. The van der Waals surface area contributed by atoms with Crippen LogP contribution in [-0.4, -0.2) is 28.9 Å². The molecule has 0 bridgehead atoms. The maximum atomic E-state index is 14.1. The zero-order valence-corrected chi connectivity index (χ0v) is 12.4. The van der Waals surface area contributed by atoms with Gasteiger partial charge in [0.05, 0.1) is 19.4 Å². The molecule has 1 saturated carbocycles. The van der Waals surface area contributed by atoms with Gasteiger partial charge in [-0.1, -0.05) is 30.3 Å². The van der Waals surface area contributed by atoms with E-state index in [4.69, 9.17) is 15.2 Å². The van der Waals surface area contributed by atoms with Crippen LogP contribution in [0.3, 0.4) is 0 Å². The van der Waals surface area contributed by atoms with Gasteiger partial charge in [-0.2, -0.15) is 4.98 Å². The third kappa shape index (κ3) is 3.73. The molecule has 0 saturated heterocycles. The van der Waals surface area contributed by atoms with Gasteiger partial charge in [0.15, 0.2) is 11.6 Å². The summed E-state index contributed by atoms with van der Waals surface area (Å²) in [6.45, 7) is 0.773. The number of benzene rings is 1. The normalized spacial score (nSPS) is 23.3. The second kappa shape index (κ2) is 6.87. The van der Waals surface area contributed by atoms with E-state index in [1.54, 1.807) is 0 Å². The van der Waals surface area contributed by atoms with Gasteiger partial charge in [-0.25, -0.2) is 13.8 Å². The lowest BCUT2D eigenvalue weighted by Gasteiger charge is -2.38. The summed E-state index contributed by atoms with van der Waals surface area (Å²) < 4.78 is 37.9. The van der Waals surface area contributed by atoms with Crippen molar-refractivity contribution in [3.8, 4) is 6.01 Å². The van der Waals surface area contributed by atoms with E-state index in [1.807, 2.05) is 30.3 Å². The Labute approximate surface area is 132 Å². The van der Waals surface area contributed by atoms with Crippen LogP contribution in [0.2, 0.25) is 0 Å². The molecule has 7 heteroatoms. The lowest BCUT2D eigenvalue weighted by molar-refractivity contribution is -0.0778. The fourth-order valence-corrected chi connectivity index (χ4v) is 2.40. The number of nitrogens with zero attached hydrogens (tertiary/aromatic N) is 2. The summed E-state index contributed by atoms with van der Waals surface area (Å²) in [5.41, 5.74) is 6.37. The van der Waals surface area contributed by atoms with E-state index in [-0.39, 0.29) is 17.7 Å². The minimum Gasteiger partial charge on any atom is -0.457 e. The highest BCUT2D eigenvalue weighted by atomic mass is 19.1. The van der Waals surface area contributed by atoms with Gasteiger partial charge in [0, 0.05) is 5.92 Å². The van der Waals surface area contributed by atoms with E-state index < -0.39 is 18.1 Å². The van der Waals surface area contributed by atoms with Gasteiger partial charge in [0.25, 0.3) is 0 Å². The first-order chi connectivity index (χ1) is 11.1. The highest BCUT2D eigenvalue weighted by Crippen LogP contribution is 2.34. The number of anilines is 1. The molecule has 1 aliphatic rings. The molecule has 3 rings (SSSR count). The summed E-state index contributed by atoms with van der Waals surface area (Å²) in [5, 5.41) is 0. The molecule has 23 heavy (non-hydrogen) atoms. The Balaban J connectivity index is 1.43. The lowest BCUT2D eigenvalue weighted by Crippen LogP contribution is -2.49. The molecule has 2 aromatic rings. The highest BCUT2D eigenvalue weighted by Gasteiger charge is 2.44. The summed E-state index contributed by atoms with van der Waals surface area (Å²) >= 11 is 0. The van der Waals surface area contributed by atoms with E-state index in [0.717, 1.165) is 11.8 Å². The molecule has 0 spiro atoms. The molecule has 1 aromatic heterocycles. The maximum absolute atomic E-state index is 14.1. The number of rotatable bonds is 6. The summed E-state index contributed by atoms with van der Waals surface area (Å²) in [6, 6.07) is 9.59. The van der Waals surface area contributed by atoms with E-state index in [0.29, 0.717) is 19.6 Å². The van der Waals surface area contributed by atoms with Crippen molar-refractivity contribution in [1.29, 1.82) is 0 Å². The lowest BCUT2D eigenvalue weighted by atomic mass is 9.80. The van der Waals surface area contributed by atoms with Crippen molar-refractivity contribution in [2.24, 2.45) is 5.92 Å². The summed E-state index contributed by atoms with van der Waals surface area (Å²) in [4.78, 5) is 7.26. The van der Waals surface area contributed by atoms with Crippen molar-refractivity contribution in [1.82, 2.24) is 9.97 Å². The van der Waals surface area contributed by atoms with Gasteiger partial charge < -0.3 is 15.2 Å². The minimum absolute atomic E-state index is 0.111. The topological polar surface area (TPSA) is 70.3 Å². The van der Waals surface area contributed by atoms with Gasteiger partial charge in [-0.3, -0.25) is 0 Å². The van der Waals surface area contributed by atoms with E-state index in [1.165, 1.54) is 0 Å². The van der Waals surface area contributed by atoms with Crippen LogP contribution in [-0.2, 0) is 11.3 Å². The number of hydrogen-bond acceptors (Lipinski definition) is 5. The molecule has 0 radical (unpaired) electrons. The molecule has 122 valence electrons. The molecule has 5 nitrogen and oxygen atoms in total. The number of ether oxygens (including phenoxy) is 2. The number of nitrogen functional groups attached to an aromatic ring is 1. The van der Waals surface area contributed by atoms with Crippen LogP contribution in [0.5, 0.6) is 6.01 Å². The Bertz CT molecular complexity index is 657. The minimum atomic E-state index is -1.17. The fourth-order valence-electron chi connectivity index (χ4n) is 2.40. The van der Waals surface area contributed by atoms with Crippen molar-refractivity contribution in [2.45, 2.75) is 25.3 Å². The molecule has 0 aliphatic heterocycles. The molecular weight excluding hydrogens is 304 g/mol. The van der Waals surface area contributed by atoms with Crippen molar-refractivity contribution >= 4 is 5.82 Å². The van der Waals surface area contributed by atoms with Crippen molar-refractivity contribution < 1.29 is 18.3 Å². The molecular formula is C16H17F2N3O2. The van der Waals surface area contributed by atoms with E-state index in [2.05, 4.69) is 9.97 Å². The second-order valence-electron chi connectivity index (χ2n) is 5.48. The molecule has 3 atom stereocenters. The molecule has 0 amide bonds. The van der Waals surface area contributed by atoms with Gasteiger partial charge >= 0.3 is 6.01 Å². The van der Waals surface area contributed by atoms with Crippen LogP contribution >= 0.6 is 0 Å². The van der Waals surface area contributed by atoms with Crippen molar-refractivity contribution in [3.63, 3.8) is 0 Å². The SMILES string of the molecule is Nc1nc(O[C@@H]2C[C@H](COCc3ccccc3)C2F)ncc1F. The fraction of sp³-hybridized carbons (Fsp3) is 0.375. The van der Waals surface area contributed by atoms with Crippen LogP contribution in [0.15, 0.2) is 36.5 Å². The standard InChI is InChI=1S/C16H17F2N3O2/c17-12-7-20-16(21-15(12)19)23-13-6-11(14(13)18)9-22-8-10-4-2-1-3-5-10/h1-5,7,11,13-14H,6,8-9H2,(H2,19,20,21)/t11-,13-,14?/m1/s1. The van der Waals surface area contributed by atoms with Gasteiger partial charge in [-0.15, -0.1) is 0 Å². The Kier molecular flexibility index (Phi) is 4.66. The van der Waals surface area contributed by atoms with Crippen molar-refractivity contribution in [2.75, 3.05) is 12.3 Å². The second-order valence-corrected chi connectivity index (χ2v) is 5.48. The van der Waals surface area contributed by atoms with Crippen molar-refractivity contribution in [3.05, 3.63) is 47.9 Å². The van der Waals surface area contributed by atoms with Crippen LogP contribution in [0.1, 0.15) is 12.0 Å².